The molecule has 0 spiro atoms. The minimum atomic E-state index is -0.377. The van der Waals surface area contributed by atoms with Crippen molar-refractivity contribution in [3.05, 3.63) is 99.9 Å². The number of carbonyl (C=O) groups excluding carboxylic acids is 2. The van der Waals surface area contributed by atoms with Crippen molar-refractivity contribution < 1.29 is 14.3 Å². The van der Waals surface area contributed by atoms with Crippen LogP contribution in [0.2, 0.25) is 5.02 Å². The number of nitrogens with zero attached hydrogens (tertiary/aromatic N) is 1. The number of para-hydroxylation sites is 1. The first-order chi connectivity index (χ1) is 14.1. The topological polar surface area (TPSA) is 46.6 Å². The van der Waals surface area contributed by atoms with Gasteiger partial charge in [-0.25, -0.2) is 4.90 Å². The number of thioether (sulfide) groups is 1. The zero-order valence-corrected chi connectivity index (χ0v) is 16.8. The third-order valence-corrected chi connectivity index (χ3v) is 5.50. The van der Waals surface area contributed by atoms with Crippen LogP contribution in [0.1, 0.15) is 11.1 Å². The molecule has 0 saturated carbocycles. The van der Waals surface area contributed by atoms with E-state index in [9.17, 15) is 9.59 Å². The van der Waals surface area contributed by atoms with Crippen LogP contribution in [0.15, 0.2) is 83.8 Å². The third-order valence-electron chi connectivity index (χ3n) is 4.31. The Morgan fingerprint density at radius 3 is 2.31 bits per heavy atom. The Morgan fingerprint density at radius 2 is 1.59 bits per heavy atom. The molecule has 1 saturated heterocycles. The van der Waals surface area contributed by atoms with Crippen molar-refractivity contribution in [1.29, 1.82) is 0 Å². The number of carbonyl (C=O) groups is 2. The van der Waals surface area contributed by atoms with E-state index in [1.165, 1.54) is 0 Å². The van der Waals surface area contributed by atoms with E-state index in [0.29, 0.717) is 22.2 Å². The van der Waals surface area contributed by atoms with Gasteiger partial charge in [0.05, 0.1) is 15.6 Å². The molecule has 0 bridgehead atoms. The van der Waals surface area contributed by atoms with Crippen LogP contribution in [-0.2, 0) is 11.4 Å². The molecule has 6 heteroatoms. The minimum Gasteiger partial charge on any atom is -0.489 e. The predicted molar refractivity (Wildman–Crippen MR) is 117 cm³/mol. The molecule has 2 amide bonds. The lowest BCUT2D eigenvalue weighted by Gasteiger charge is -2.13. The zero-order valence-electron chi connectivity index (χ0n) is 15.2. The van der Waals surface area contributed by atoms with Crippen molar-refractivity contribution in [2.24, 2.45) is 0 Å². The highest BCUT2D eigenvalue weighted by Crippen LogP contribution is 2.38. The molecule has 4 rings (SSSR count). The summed E-state index contributed by atoms with van der Waals surface area (Å²) in [6.45, 7) is 0.483. The minimum absolute atomic E-state index is 0.355. The fourth-order valence-electron chi connectivity index (χ4n) is 2.86. The van der Waals surface area contributed by atoms with E-state index >= 15 is 0 Å². The van der Waals surface area contributed by atoms with Crippen LogP contribution in [0.4, 0.5) is 10.5 Å². The molecule has 0 radical (unpaired) electrons. The Hall–Kier alpha value is -3.02. The molecule has 3 aromatic carbocycles. The summed E-state index contributed by atoms with van der Waals surface area (Å²) in [6, 6.07) is 24.1. The molecule has 144 valence electrons. The highest BCUT2D eigenvalue weighted by molar-refractivity contribution is 8.19. The van der Waals surface area contributed by atoms with Gasteiger partial charge in [0.1, 0.15) is 12.4 Å². The smallest absolute Gasteiger partial charge is 0.298 e. The van der Waals surface area contributed by atoms with Gasteiger partial charge in [-0.1, -0.05) is 66.2 Å². The van der Waals surface area contributed by atoms with Gasteiger partial charge in [0.25, 0.3) is 11.1 Å². The average Bonchev–Trinajstić information content (AvgIpc) is 3.02. The Balaban J connectivity index is 1.47. The molecule has 1 fully saturated rings. The maximum Gasteiger partial charge on any atom is 0.298 e. The summed E-state index contributed by atoms with van der Waals surface area (Å²) in [5.74, 6) is 0.354. The number of benzene rings is 3. The lowest BCUT2D eigenvalue weighted by atomic mass is 10.2. The number of rotatable bonds is 5. The highest BCUT2D eigenvalue weighted by atomic mass is 35.5. The van der Waals surface area contributed by atoms with Crippen LogP contribution < -0.4 is 9.64 Å². The molecule has 1 aliphatic heterocycles. The van der Waals surface area contributed by atoms with Gasteiger partial charge in [0.15, 0.2) is 0 Å². The molecule has 1 heterocycles. The van der Waals surface area contributed by atoms with Crippen LogP contribution in [0.5, 0.6) is 5.75 Å². The van der Waals surface area contributed by atoms with E-state index in [4.69, 9.17) is 16.3 Å². The average molecular weight is 422 g/mol. The van der Waals surface area contributed by atoms with Gasteiger partial charge in [-0.3, -0.25) is 9.59 Å². The van der Waals surface area contributed by atoms with Gasteiger partial charge in [0, 0.05) is 0 Å². The van der Waals surface area contributed by atoms with Gasteiger partial charge >= 0.3 is 0 Å². The second kappa shape index (κ2) is 8.55. The van der Waals surface area contributed by atoms with E-state index in [1.54, 1.807) is 30.3 Å². The highest BCUT2D eigenvalue weighted by Gasteiger charge is 2.37. The fourth-order valence-corrected chi connectivity index (χ4v) is 3.92. The lowest BCUT2D eigenvalue weighted by molar-refractivity contribution is -0.113. The first kappa shape index (κ1) is 19.3. The van der Waals surface area contributed by atoms with Gasteiger partial charge in [-0.2, -0.15) is 0 Å². The maximum absolute atomic E-state index is 12.7. The normalized spacial score (nSPS) is 15.2. The lowest BCUT2D eigenvalue weighted by Crippen LogP contribution is -2.27. The summed E-state index contributed by atoms with van der Waals surface area (Å²) in [5.41, 5.74) is 2.29. The SMILES string of the molecule is O=C1S/C(=C\c2ccc(OCc3ccccc3)cc2)C(=O)N1c1ccccc1Cl. The van der Waals surface area contributed by atoms with Gasteiger partial charge in [0.2, 0.25) is 0 Å². The molecule has 0 N–H and O–H groups in total. The van der Waals surface area contributed by atoms with Crippen LogP contribution in [0.25, 0.3) is 6.08 Å². The summed E-state index contributed by atoms with van der Waals surface area (Å²) in [4.78, 5) is 26.6. The summed E-state index contributed by atoms with van der Waals surface area (Å²) >= 11 is 7.05. The number of ether oxygens (including phenoxy) is 1. The monoisotopic (exact) mass is 421 g/mol. The maximum atomic E-state index is 12.7. The number of hydrogen-bond acceptors (Lipinski definition) is 4. The Labute approximate surface area is 177 Å². The molecule has 4 nitrogen and oxygen atoms in total. The van der Waals surface area contributed by atoms with Gasteiger partial charge in [-0.15, -0.1) is 0 Å². The summed E-state index contributed by atoms with van der Waals surface area (Å²) < 4.78 is 5.77. The molecular formula is C23H16ClNO3S. The second-order valence-corrected chi connectivity index (χ2v) is 7.71. The van der Waals surface area contributed by atoms with Crippen molar-refractivity contribution in [1.82, 2.24) is 0 Å². The van der Waals surface area contributed by atoms with E-state index in [-0.39, 0.29) is 11.1 Å². The van der Waals surface area contributed by atoms with E-state index in [0.717, 1.165) is 33.5 Å². The molecule has 0 aromatic heterocycles. The Kier molecular flexibility index (Phi) is 5.69. The quantitative estimate of drug-likeness (QED) is 0.463. The van der Waals surface area contributed by atoms with Crippen molar-refractivity contribution in [2.75, 3.05) is 4.90 Å². The van der Waals surface area contributed by atoms with Gasteiger partial charge < -0.3 is 4.74 Å². The van der Waals surface area contributed by atoms with Crippen LogP contribution >= 0.6 is 23.4 Å². The van der Waals surface area contributed by atoms with E-state index in [1.807, 2.05) is 54.6 Å². The van der Waals surface area contributed by atoms with Gasteiger partial charge in [-0.05, 0) is 53.2 Å². The largest absolute Gasteiger partial charge is 0.489 e. The van der Waals surface area contributed by atoms with E-state index in [2.05, 4.69) is 0 Å². The van der Waals surface area contributed by atoms with Crippen molar-refractivity contribution in [3.8, 4) is 5.75 Å². The van der Waals surface area contributed by atoms with E-state index < -0.39 is 0 Å². The number of anilines is 1. The number of imide groups is 1. The zero-order chi connectivity index (χ0) is 20.2. The summed E-state index contributed by atoms with van der Waals surface area (Å²) in [7, 11) is 0. The standard InChI is InChI=1S/C23H16ClNO3S/c24-19-8-4-5-9-20(19)25-22(26)21(29-23(25)27)14-16-10-12-18(13-11-16)28-15-17-6-2-1-3-7-17/h1-14H,15H2/b21-14-. The molecule has 0 unspecified atom stereocenters. The molecule has 1 aliphatic rings. The predicted octanol–water partition coefficient (Wildman–Crippen LogP) is 6.16. The van der Waals surface area contributed by atoms with Crippen molar-refractivity contribution >= 4 is 46.3 Å². The molecule has 0 aliphatic carbocycles. The third kappa shape index (κ3) is 4.36. The first-order valence-electron chi connectivity index (χ1n) is 8.91. The van der Waals surface area contributed by atoms with Crippen molar-refractivity contribution in [2.45, 2.75) is 6.61 Å². The number of hydrogen-bond donors (Lipinski definition) is 0. The Bertz CT molecular complexity index is 1080. The molecule has 0 atom stereocenters. The Morgan fingerprint density at radius 1 is 0.897 bits per heavy atom. The molecular weight excluding hydrogens is 406 g/mol. The first-order valence-corrected chi connectivity index (χ1v) is 10.1. The number of halogens is 1. The summed E-state index contributed by atoms with van der Waals surface area (Å²) in [5, 5.41) is -0.00636. The van der Waals surface area contributed by atoms with Crippen molar-refractivity contribution in [3.63, 3.8) is 0 Å². The fraction of sp³-hybridized carbons (Fsp3) is 0.0435. The number of amides is 2. The molecule has 29 heavy (non-hydrogen) atoms. The second-order valence-electron chi connectivity index (χ2n) is 6.31. The van der Waals surface area contributed by atoms with Crippen LogP contribution in [-0.4, -0.2) is 11.1 Å². The molecule has 3 aromatic rings. The summed E-state index contributed by atoms with van der Waals surface area (Å²) in [6.07, 6.45) is 1.70. The van der Waals surface area contributed by atoms with Crippen LogP contribution in [0.3, 0.4) is 0 Å². The van der Waals surface area contributed by atoms with Crippen LogP contribution in [0, 0.1) is 0 Å².